The quantitative estimate of drug-likeness (QED) is 0.0364. The van der Waals surface area contributed by atoms with E-state index in [1.807, 2.05) is 0 Å². The average molecular weight is 1080 g/mol. The minimum Gasteiger partial charge on any atom is -0.394 e. The first-order valence-electron chi connectivity index (χ1n) is 29.8. The summed E-state index contributed by atoms with van der Waals surface area (Å²) in [5.41, 5.74) is 0. The molecule has 0 aromatic heterocycles. The van der Waals surface area contributed by atoms with Gasteiger partial charge in [0.15, 0.2) is 18.9 Å². The third-order valence-electron chi connectivity index (χ3n) is 15.4. The van der Waals surface area contributed by atoms with E-state index in [2.05, 4.69) is 19.2 Å². The summed E-state index contributed by atoms with van der Waals surface area (Å²) in [5, 5.41) is 120. The van der Waals surface area contributed by atoms with E-state index in [1.165, 1.54) is 135 Å². The second kappa shape index (κ2) is 40.9. The summed E-state index contributed by atoms with van der Waals surface area (Å²) in [5.74, 6) is -0.246. The van der Waals surface area contributed by atoms with Gasteiger partial charge in [0, 0.05) is 6.42 Å². The van der Waals surface area contributed by atoms with E-state index in [4.69, 9.17) is 28.4 Å². The zero-order chi connectivity index (χ0) is 54.8. The molecule has 75 heavy (non-hydrogen) atoms. The number of hydrogen-bond donors (Lipinski definition) is 12. The summed E-state index contributed by atoms with van der Waals surface area (Å²) in [6.45, 7) is 1.70. The van der Waals surface area contributed by atoms with Crippen molar-refractivity contribution in [3.05, 3.63) is 0 Å². The number of unbranched alkanes of at least 4 members (excludes halogenated alkanes) is 28. The van der Waals surface area contributed by atoms with Crippen molar-refractivity contribution in [2.75, 3.05) is 26.4 Å². The Labute approximate surface area is 449 Å². The van der Waals surface area contributed by atoms with E-state index in [9.17, 15) is 61.0 Å². The van der Waals surface area contributed by atoms with E-state index in [-0.39, 0.29) is 18.9 Å². The number of ether oxygens (including phenoxy) is 6. The van der Waals surface area contributed by atoms with Crippen LogP contribution in [-0.4, -0.2) is 193 Å². The normalized spacial score (nSPS) is 31.1. The van der Waals surface area contributed by atoms with Gasteiger partial charge in [-0.3, -0.25) is 4.79 Å². The Kier molecular flexibility index (Phi) is 37.1. The second-order valence-electron chi connectivity index (χ2n) is 21.8. The van der Waals surface area contributed by atoms with E-state index < -0.39 is 124 Å². The molecule has 1 amide bonds. The Hall–Kier alpha value is -1.21. The van der Waals surface area contributed by atoms with Gasteiger partial charge in [-0.25, -0.2) is 0 Å². The monoisotopic (exact) mass is 1080 g/mol. The molecule has 3 aliphatic rings. The van der Waals surface area contributed by atoms with Crippen molar-refractivity contribution in [2.45, 2.75) is 324 Å². The summed E-state index contributed by atoms with van der Waals surface area (Å²) >= 11 is 0. The van der Waals surface area contributed by atoms with Gasteiger partial charge in [0.25, 0.3) is 0 Å². The smallest absolute Gasteiger partial charge is 0.220 e. The van der Waals surface area contributed by atoms with Crippen LogP contribution in [0.4, 0.5) is 0 Å². The minimum atomic E-state index is -1.97. The van der Waals surface area contributed by atoms with E-state index in [1.54, 1.807) is 0 Å². The number of nitrogens with one attached hydrogen (secondary N) is 1. The molecule has 3 rings (SSSR count). The lowest BCUT2D eigenvalue weighted by Gasteiger charge is -2.48. The molecule has 0 bridgehead atoms. The Morgan fingerprint density at radius 1 is 0.427 bits per heavy atom. The van der Waals surface area contributed by atoms with Gasteiger partial charge in [0.1, 0.15) is 73.2 Å². The van der Waals surface area contributed by atoms with Gasteiger partial charge >= 0.3 is 0 Å². The van der Waals surface area contributed by atoms with Crippen molar-refractivity contribution < 1.29 is 89.4 Å². The number of rotatable bonds is 44. The largest absolute Gasteiger partial charge is 0.394 e. The fourth-order valence-corrected chi connectivity index (χ4v) is 10.5. The molecule has 0 aromatic rings. The van der Waals surface area contributed by atoms with Crippen LogP contribution in [0.1, 0.15) is 219 Å². The molecule has 0 radical (unpaired) electrons. The zero-order valence-corrected chi connectivity index (χ0v) is 46.0. The highest BCUT2D eigenvalue weighted by Crippen LogP contribution is 2.33. The Bertz CT molecular complexity index is 1390. The first-order chi connectivity index (χ1) is 36.3. The van der Waals surface area contributed by atoms with Gasteiger partial charge in [0.2, 0.25) is 5.91 Å². The lowest BCUT2D eigenvalue weighted by Crippen LogP contribution is -2.66. The van der Waals surface area contributed by atoms with Crippen LogP contribution in [0, 0.1) is 0 Å². The summed E-state index contributed by atoms with van der Waals surface area (Å²) in [6, 6.07) is -0.877. The maximum atomic E-state index is 13.2. The molecule has 444 valence electrons. The number of amides is 1. The van der Waals surface area contributed by atoms with Crippen molar-refractivity contribution >= 4 is 5.91 Å². The number of carbonyl (C=O) groups excluding carboxylic acids is 1. The molecule has 3 saturated heterocycles. The maximum absolute atomic E-state index is 13.2. The van der Waals surface area contributed by atoms with Crippen molar-refractivity contribution in [1.82, 2.24) is 5.32 Å². The molecule has 17 unspecified atom stereocenters. The SMILES string of the molecule is CCCCCCCCCCCCCCCCCCCCCCCCCCCC(=O)NC(COC1OC(CO)C(OC2OC(CO)C(OC3OC(CO)C(O)C(O)C3O)C(O)C2O)C(O)C1O)C(O)CCCCCCC. The Balaban J connectivity index is 1.36. The zero-order valence-electron chi connectivity index (χ0n) is 46.0. The van der Waals surface area contributed by atoms with Gasteiger partial charge in [-0.1, -0.05) is 200 Å². The van der Waals surface area contributed by atoms with Gasteiger partial charge in [-0.05, 0) is 12.8 Å². The standard InChI is InChI=1S/C56H107NO18/c1-3-5-7-9-10-11-12-13-14-15-16-17-18-19-20-21-22-23-24-25-26-27-28-30-32-34-44(62)57-39(40(61)33-31-29-8-6-4-2)38-70-54-50(68)47(65)52(42(36-59)72-54)75-56-51(69)48(66)53(43(37-60)73-56)74-55-49(67)46(64)45(63)41(35-58)71-55/h39-43,45-56,58-61,63-69H,3-38H2,1-2H3,(H,57,62). The van der Waals surface area contributed by atoms with Crippen LogP contribution in [0.5, 0.6) is 0 Å². The number of aliphatic hydroxyl groups is 11. The van der Waals surface area contributed by atoms with E-state index in [0.717, 1.165) is 51.4 Å². The molecule has 17 atom stereocenters. The van der Waals surface area contributed by atoms with Crippen molar-refractivity contribution in [3.8, 4) is 0 Å². The molecular weight excluding hydrogens is 975 g/mol. The van der Waals surface area contributed by atoms with Crippen molar-refractivity contribution in [2.24, 2.45) is 0 Å². The summed E-state index contributed by atoms with van der Waals surface area (Å²) < 4.78 is 34.1. The molecule has 0 spiro atoms. The molecular formula is C56H107NO18. The third kappa shape index (κ3) is 25.4. The molecule has 3 aliphatic heterocycles. The van der Waals surface area contributed by atoms with Crippen LogP contribution in [0.2, 0.25) is 0 Å². The summed E-state index contributed by atoms with van der Waals surface area (Å²) in [4.78, 5) is 13.2. The molecule has 19 heteroatoms. The number of carbonyl (C=O) groups is 1. The highest BCUT2D eigenvalue weighted by molar-refractivity contribution is 5.76. The molecule has 0 aromatic carbocycles. The fraction of sp³-hybridized carbons (Fsp3) is 0.982. The Morgan fingerprint density at radius 2 is 0.760 bits per heavy atom. The topological polar surface area (TPSA) is 307 Å². The second-order valence-corrected chi connectivity index (χ2v) is 21.8. The third-order valence-corrected chi connectivity index (χ3v) is 15.4. The van der Waals surface area contributed by atoms with Crippen LogP contribution in [0.25, 0.3) is 0 Å². The minimum absolute atomic E-state index is 0.246. The first-order valence-corrected chi connectivity index (χ1v) is 29.8. The number of hydrogen-bond acceptors (Lipinski definition) is 18. The highest BCUT2D eigenvalue weighted by Gasteiger charge is 2.53. The predicted octanol–water partition coefficient (Wildman–Crippen LogP) is 4.82. The molecule has 19 nitrogen and oxygen atoms in total. The fourth-order valence-electron chi connectivity index (χ4n) is 10.5. The van der Waals surface area contributed by atoms with Crippen LogP contribution in [0.15, 0.2) is 0 Å². The summed E-state index contributed by atoms with van der Waals surface area (Å²) in [6.07, 6.45) is 11.4. The lowest BCUT2D eigenvalue weighted by molar-refractivity contribution is -0.379. The predicted molar refractivity (Wildman–Crippen MR) is 282 cm³/mol. The first kappa shape index (κ1) is 68.1. The van der Waals surface area contributed by atoms with Crippen LogP contribution in [-0.2, 0) is 33.2 Å². The molecule has 0 aliphatic carbocycles. The van der Waals surface area contributed by atoms with Crippen LogP contribution in [0.3, 0.4) is 0 Å². The highest BCUT2D eigenvalue weighted by atomic mass is 16.8. The van der Waals surface area contributed by atoms with Crippen molar-refractivity contribution in [1.29, 1.82) is 0 Å². The number of aliphatic hydroxyl groups excluding tert-OH is 11. The Morgan fingerprint density at radius 3 is 1.16 bits per heavy atom. The average Bonchev–Trinajstić information content (AvgIpc) is 3.41. The lowest BCUT2D eigenvalue weighted by atomic mass is 9.96. The van der Waals surface area contributed by atoms with Crippen LogP contribution >= 0.6 is 0 Å². The van der Waals surface area contributed by atoms with E-state index >= 15 is 0 Å². The maximum Gasteiger partial charge on any atom is 0.220 e. The van der Waals surface area contributed by atoms with Gasteiger partial charge in [-0.2, -0.15) is 0 Å². The van der Waals surface area contributed by atoms with Crippen LogP contribution < -0.4 is 5.32 Å². The molecule has 0 saturated carbocycles. The van der Waals surface area contributed by atoms with Gasteiger partial charge in [0.05, 0.1) is 38.6 Å². The summed E-state index contributed by atoms with van der Waals surface area (Å²) in [7, 11) is 0. The van der Waals surface area contributed by atoms with Gasteiger partial charge in [-0.15, -0.1) is 0 Å². The molecule has 3 fully saturated rings. The molecule has 12 N–H and O–H groups in total. The molecule has 3 heterocycles. The van der Waals surface area contributed by atoms with Crippen molar-refractivity contribution in [3.63, 3.8) is 0 Å². The van der Waals surface area contributed by atoms with E-state index in [0.29, 0.717) is 12.8 Å². The van der Waals surface area contributed by atoms with Gasteiger partial charge < -0.3 is 89.9 Å².